The number of pyridine rings is 1. The van der Waals surface area contributed by atoms with Gasteiger partial charge in [-0.05, 0) is 35.8 Å². The van der Waals surface area contributed by atoms with Gasteiger partial charge in [-0.3, -0.25) is 9.78 Å². The van der Waals surface area contributed by atoms with Gasteiger partial charge >= 0.3 is 5.97 Å². The van der Waals surface area contributed by atoms with Crippen LogP contribution in [-0.4, -0.2) is 29.5 Å². The van der Waals surface area contributed by atoms with Gasteiger partial charge in [0.2, 0.25) is 0 Å². The molecule has 1 aromatic rings. The third-order valence-corrected chi connectivity index (χ3v) is 2.39. The van der Waals surface area contributed by atoms with Crippen molar-refractivity contribution in [3.05, 3.63) is 28.5 Å². The normalized spacial score (nSPS) is 11.7. The van der Waals surface area contributed by atoms with Crippen LogP contribution in [0, 0.1) is 0 Å². The van der Waals surface area contributed by atoms with Crippen LogP contribution in [0.15, 0.2) is 22.9 Å². The summed E-state index contributed by atoms with van der Waals surface area (Å²) in [6, 6.07) is 0.946. The van der Waals surface area contributed by atoms with Gasteiger partial charge in [-0.1, -0.05) is 0 Å². The molecule has 1 atom stereocenters. The number of ether oxygens (including phenoxy) is 1. The number of hydrogen-bond donors (Lipinski definition) is 1. The lowest BCUT2D eigenvalue weighted by molar-refractivity contribution is -0.144. The molecule has 1 unspecified atom stereocenters. The molecular formula is C11H13BrN2O3. The number of rotatable bonds is 4. The molecule has 0 saturated heterocycles. The maximum Gasteiger partial charge on any atom is 0.328 e. The standard InChI is InChI=1S/C11H13BrN2O3/c1-3-17-11(16)7(2)14-10(15)8-4-9(12)6-13-5-8/h4-7H,3H2,1-2H3,(H,14,15). The number of carbonyl (C=O) groups excluding carboxylic acids is 2. The molecule has 0 bridgehead atoms. The minimum absolute atomic E-state index is 0.289. The SMILES string of the molecule is CCOC(=O)C(C)NC(=O)c1cncc(Br)c1. The summed E-state index contributed by atoms with van der Waals surface area (Å²) in [5.41, 5.74) is 0.385. The fourth-order valence-electron chi connectivity index (χ4n) is 1.14. The van der Waals surface area contributed by atoms with Gasteiger partial charge in [0.15, 0.2) is 0 Å². The monoisotopic (exact) mass is 300 g/mol. The predicted molar refractivity (Wildman–Crippen MR) is 65.5 cm³/mol. The van der Waals surface area contributed by atoms with Crippen molar-refractivity contribution in [2.75, 3.05) is 6.61 Å². The van der Waals surface area contributed by atoms with Crippen molar-refractivity contribution in [3.63, 3.8) is 0 Å². The van der Waals surface area contributed by atoms with Crippen molar-refractivity contribution in [1.29, 1.82) is 0 Å². The van der Waals surface area contributed by atoms with Crippen LogP contribution < -0.4 is 5.32 Å². The molecule has 92 valence electrons. The average molecular weight is 301 g/mol. The van der Waals surface area contributed by atoms with Crippen LogP contribution in [0.2, 0.25) is 0 Å². The zero-order chi connectivity index (χ0) is 12.8. The van der Waals surface area contributed by atoms with Gasteiger partial charge < -0.3 is 10.1 Å². The van der Waals surface area contributed by atoms with Gasteiger partial charge in [0.05, 0.1) is 12.2 Å². The zero-order valence-electron chi connectivity index (χ0n) is 9.57. The molecule has 5 nitrogen and oxygen atoms in total. The summed E-state index contributed by atoms with van der Waals surface area (Å²) in [6.07, 6.45) is 3.00. The Hall–Kier alpha value is -1.43. The number of nitrogens with zero attached hydrogens (tertiary/aromatic N) is 1. The van der Waals surface area contributed by atoms with Crippen molar-refractivity contribution in [3.8, 4) is 0 Å². The summed E-state index contributed by atoms with van der Waals surface area (Å²) in [4.78, 5) is 26.9. The van der Waals surface area contributed by atoms with Crippen molar-refractivity contribution in [2.45, 2.75) is 19.9 Å². The first-order chi connectivity index (χ1) is 8.04. The first kappa shape index (κ1) is 13.6. The molecule has 1 heterocycles. The predicted octanol–water partition coefficient (Wildman–Crippen LogP) is 1.53. The Balaban J connectivity index is 2.63. The number of carbonyl (C=O) groups is 2. The van der Waals surface area contributed by atoms with Crippen LogP contribution in [-0.2, 0) is 9.53 Å². The number of aromatic nitrogens is 1. The van der Waals surface area contributed by atoms with E-state index in [1.165, 1.54) is 6.20 Å². The summed E-state index contributed by atoms with van der Waals surface area (Å²) >= 11 is 3.22. The number of amides is 1. The van der Waals surface area contributed by atoms with E-state index in [9.17, 15) is 9.59 Å². The molecule has 1 N–H and O–H groups in total. The number of nitrogens with one attached hydrogen (secondary N) is 1. The maximum atomic E-state index is 11.7. The molecule has 0 fully saturated rings. The molecule has 0 aromatic carbocycles. The summed E-state index contributed by atoms with van der Waals surface area (Å²) in [5.74, 6) is -0.817. The van der Waals surface area contributed by atoms with E-state index in [-0.39, 0.29) is 12.5 Å². The van der Waals surface area contributed by atoms with E-state index >= 15 is 0 Å². The third-order valence-electron chi connectivity index (χ3n) is 1.95. The first-order valence-electron chi connectivity index (χ1n) is 5.12. The molecule has 1 aromatic heterocycles. The largest absolute Gasteiger partial charge is 0.464 e. The smallest absolute Gasteiger partial charge is 0.328 e. The van der Waals surface area contributed by atoms with E-state index in [2.05, 4.69) is 26.2 Å². The van der Waals surface area contributed by atoms with Crippen molar-refractivity contribution in [2.24, 2.45) is 0 Å². The first-order valence-corrected chi connectivity index (χ1v) is 5.92. The highest BCUT2D eigenvalue weighted by Gasteiger charge is 2.17. The Bertz CT molecular complexity index is 423. The summed E-state index contributed by atoms with van der Waals surface area (Å²) in [7, 11) is 0. The quantitative estimate of drug-likeness (QED) is 0.856. The second-order valence-corrected chi connectivity index (χ2v) is 4.25. The van der Waals surface area contributed by atoms with Crippen LogP contribution in [0.25, 0.3) is 0 Å². The van der Waals surface area contributed by atoms with Crippen LogP contribution in [0.4, 0.5) is 0 Å². The summed E-state index contributed by atoms with van der Waals surface area (Å²) in [6.45, 7) is 3.57. The molecule has 6 heteroatoms. The molecule has 0 aliphatic carbocycles. The highest BCUT2D eigenvalue weighted by molar-refractivity contribution is 9.10. The second-order valence-electron chi connectivity index (χ2n) is 3.34. The molecule has 0 saturated carbocycles. The number of hydrogen-bond acceptors (Lipinski definition) is 4. The molecule has 1 rings (SSSR count). The molecule has 0 aliphatic heterocycles. The van der Waals surface area contributed by atoms with E-state index in [4.69, 9.17) is 4.74 Å². The summed E-state index contributed by atoms with van der Waals surface area (Å²) < 4.78 is 5.49. The Kier molecular flexibility index (Phi) is 5.09. The number of halogens is 1. The van der Waals surface area contributed by atoms with Crippen molar-refractivity contribution < 1.29 is 14.3 Å². The fourth-order valence-corrected chi connectivity index (χ4v) is 1.51. The Labute approximate surface area is 108 Å². The van der Waals surface area contributed by atoms with E-state index in [0.717, 1.165) is 0 Å². The lowest BCUT2D eigenvalue weighted by Gasteiger charge is -2.12. The summed E-state index contributed by atoms with van der Waals surface area (Å²) in [5, 5.41) is 2.53. The van der Waals surface area contributed by atoms with Gasteiger partial charge in [0.1, 0.15) is 6.04 Å². The van der Waals surface area contributed by atoms with Gasteiger partial charge in [0, 0.05) is 16.9 Å². The highest BCUT2D eigenvalue weighted by atomic mass is 79.9. The van der Waals surface area contributed by atoms with E-state index < -0.39 is 12.0 Å². The lowest BCUT2D eigenvalue weighted by Crippen LogP contribution is -2.39. The maximum absolute atomic E-state index is 11.7. The van der Waals surface area contributed by atoms with E-state index in [1.54, 1.807) is 26.1 Å². The van der Waals surface area contributed by atoms with Crippen molar-refractivity contribution in [1.82, 2.24) is 10.3 Å². The Morgan fingerprint density at radius 3 is 2.82 bits per heavy atom. The minimum Gasteiger partial charge on any atom is -0.464 e. The molecule has 17 heavy (non-hydrogen) atoms. The Morgan fingerprint density at radius 2 is 2.24 bits per heavy atom. The van der Waals surface area contributed by atoms with Crippen LogP contribution in [0.3, 0.4) is 0 Å². The molecular weight excluding hydrogens is 288 g/mol. The van der Waals surface area contributed by atoms with Gasteiger partial charge in [-0.2, -0.15) is 0 Å². The van der Waals surface area contributed by atoms with E-state index in [1.807, 2.05) is 0 Å². The fraction of sp³-hybridized carbons (Fsp3) is 0.364. The van der Waals surface area contributed by atoms with Crippen LogP contribution in [0.5, 0.6) is 0 Å². The van der Waals surface area contributed by atoms with Gasteiger partial charge in [-0.25, -0.2) is 4.79 Å². The topological polar surface area (TPSA) is 68.3 Å². The van der Waals surface area contributed by atoms with Crippen LogP contribution in [0.1, 0.15) is 24.2 Å². The molecule has 1 amide bonds. The van der Waals surface area contributed by atoms with Gasteiger partial charge in [0.25, 0.3) is 5.91 Å². The average Bonchev–Trinajstić information content (AvgIpc) is 2.29. The molecule has 0 aliphatic rings. The second kappa shape index (κ2) is 6.34. The lowest BCUT2D eigenvalue weighted by atomic mass is 10.2. The van der Waals surface area contributed by atoms with E-state index in [0.29, 0.717) is 10.0 Å². The highest BCUT2D eigenvalue weighted by Crippen LogP contribution is 2.09. The molecule has 0 radical (unpaired) electrons. The third kappa shape index (κ3) is 4.14. The van der Waals surface area contributed by atoms with Gasteiger partial charge in [-0.15, -0.1) is 0 Å². The van der Waals surface area contributed by atoms with Crippen molar-refractivity contribution >= 4 is 27.8 Å². The zero-order valence-corrected chi connectivity index (χ0v) is 11.2. The van der Waals surface area contributed by atoms with Crippen LogP contribution >= 0.6 is 15.9 Å². The Morgan fingerprint density at radius 1 is 1.53 bits per heavy atom. The number of esters is 1. The molecule has 0 spiro atoms. The minimum atomic E-state index is -0.679.